The molecule has 1 aromatic heterocycles. The van der Waals surface area contributed by atoms with Gasteiger partial charge in [0, 0.05) is 12.6 Å². The second kappa shape index (κ2) is 5.41. The largest absolute Gasteiger partial charge is 0.348 e. The first-order valence-electron chi connectivity index (χ1n) is 4.92. The molecule has 0 aliphatic carbocycles. The van der Waals surface area contributed by atoms with E-state index in [1.165, 1.54) is 12.4 Å². The number of hydrogen-bond donors (Lipinski definition) is 2. The van der Waals surface area contributed by atoms with Crippen molar-refractivity contribution in [3.63, 3.8) is 0 Å². The van der Waals surface area contributed by atoms with Crippen LogP contribution in [0, 0.1) is 5.92 Å². The van der Waals surface area contributed by atoms with Crippen molar-refractivity contribution in [3.8, 4) is 0 Å². The van der Waals surface area contributed by atoms with Gasteiger partial charge >= 0.3 is 0 Å². The van der Waals surface area contributed by atoms with Gasteiger partial charge in [0.2, 0.25) is 0 Å². The Bertz CT molecular complexity index is 312. The number of nitrogens with one attached hydrogen (secondary N) is 1. The molecule has 82 valence electrons. The van der Waals surface area contributed by atoms with E-state index in [1.807, 2.05) is 13.8 Å². The van der Waals surface area contributed by atoms with E-state index < -0.39 is 0 Å². The highest BCUT2D eigenvalue weighted by atomic mass is 16.1. The van der Waals surface area contributed by atoms with Gasteiger partial charge in [0.05, 0.1) is 18.0 Å². The summed E-state index contributed by atoms with van der Waals surface area (Å²) in [4.78, 5) is 11.7. The first kappa shape index (κ1) is 11.6. The molecule has 1 amide bonds. The van der Waals surface area contributed by atoms with Crippen molar-refractivity contribution in [2.24, 2.45) is 11.7 Å². The van der Waals surface area contributed by atoms with E-state index in [4.69, 9.17) is 5.73 Å². The molecule has 0 bridgehead atoms. The molecule has 0 aliphatic rings. The van der Waals surface area contributed by atoms with Gasteiger partial charge in [0.25, 0.3) is 5.91 Å². The Morgan fingerprint density at radius 3 is 2.73 bits per heavy atom. The molecule has 5 heteroatoms. The molecule has 15 heavy (non-hydrogen) atoms. The molecular formula is C10H16N4O. The third-order valence-corrected chi connectivity index (χ3v) is 2.22. The Balaban J connectivity index is 2.63. The van der Waals surface area contributed by atoms with Crippen LogP contribution in [0.4, 0.5) is 0 Å². The summed E-state index contributed by atoms with van der Waals surface area (Å²) in [5, 5.41) is 10.1. The zero-order valence-electron chi connectivity index (χ0n) is 8.97. The lowest BCUT2D eigenvalue weighted by Crippen LogP contribution is -2.43. The summed E-state index contributed by atoms with van der Waals surface area (Å²) in [6.45, 7) is 4.47. The third kappa shape index (κ3) is 3.28. The van der Waals surface area contributed by atoms with Crippen LogP contribution in [0.3, 0.4) is 0 Å². The topological polar surface area (TPSA) is 80.9 Å². The smallest absolute Gasteiger partial charge is 0.253 e. The highest BCUT2D eigenvalue weighted by Gasteiger charge is 2.15. The van der Waals surface area contributed by atoms with Crippen molar-refractivity contribution < 1.29 is 4.79 Å². The van der Waals surface area contributed by atoms with E-state index in [-0.39, 0.29) is 11.9 Å². The minimum absolute atomic E-state index is 0.00864. The number of aromatic nitrogens is 2. The molecule has 1 unspecified atom stereocenters. The molecule has 3 N–H and O–H groups in total. The lowest BCUT2D eigenvalue weighted by Gasteiger charge is -2.20. The zero-order chi connectivity index (χ0) is 11.3. The van der Waals surface area contributed by atoms with Crippen molar-refractivity contribution in [3.05, 3.63) is 24.0 Å². The number of carbonyl (C=O) groups excluding carboxylic acids is 1. The molecule has 0 aliphatic heterocycles. The first-order chi connectivity index (χ1) is 7.15. The van der Waals surface area contributed by atoms with Gasteiger partial charge in [-0.25, -0.2) is 0 Å². The number of hydrogen-bond acceptors (Lipinski definition) is 4. The second-order valence-electron chi connectivity index (χ2n) is 3.69. The van der Waals surface area contributed by atoms with Gasteiger partial charge in [-0.2, -0.15) is 10.2 Å². The Kier molecular flexibility index (Phi) is 4.17. The predicted molar refractivity (Wildman–Crippen MR) is 57.2 cm³/mol. The van der Waals surface area contributed by atoms with Crippen LogP contribution in [0.5, 0.6) is 0 Å². The fourth-order valence-corrected chi connectivity index (χ4v) is 1.17. The number of rotatable bonds is 4. The molecule has 1 aromatic rings. The van der Waals surface area contributed by atoms with Crippen molar-refractivity contribution in [1.82, 2.24) is 15.5 Å². The van der Waals surface area contributed by atoms with Crippen LogP contribution >= 0.6 is 0 Å². The van der Waals surface area contributed by atoms with Gasteiger partial charge in [-0.15, -0.1) is 0 Å². The van der Waals surface area contributed by atoms with Crippen LogP contribution in [0.15, 0.2) is 18.5 Å². The van der Waals surface area contributed by atoms with E-state index in [1.54, 1.807) is 6.07 Å². The summed E-state index contributed by atoms with van der Waals surface area (Å²) < 4.78 is 0. The lowest BCUT2D eigenvalue weighted by atomic mass is 10.0. The molecule has 1 heterocycles. The van der Waals surface area contributed by atoms with Gasteiger partial charge < -0.3 is 11.1 Å². The Morgan fingerprint density at radius 1 is 1.53 bits per heavy atom. The normalized spacial score (nSPS) is 12.5. The molecule has 0 spiro atoms. The van der Waals surface area contributed by atoms with Crippen LogP contribution < -0.4 is 11.1 Å². The van der Waals surface area contributed by atoms with Crippen LogP contribution in [0.2, 0.25) is 0 Å². The summed E-state index contributed by atoms with van der Waals surface area (Å²) >= 11 is 0. The summed E-state index contributed by atoms with van der Waals surface area (Å²) in [7, 11) is 0. The molecule has 0 radical (unpaired) electrons. The van der Waals surface area contributed by atoms with Crippen LogP contribution in [0.1, 0.15) is 24.2 Å². The van der Waals surface area contributed by atoms with Crippen molar-refractivity contribution in [1.29, 1.82) is 0 Å². The SMILES string of the molecule is CC(C)C(CN)NC(=O)c1ccnnc1. The standard InChI is InChI=1S/C10H16N4O/c1-7(2)9(5-11)14-10(15)8-3-4-12-13-6-8/h3-4,6-7,9H,5,11H2,1-2H3,(H,14,15). The maximum Gasteiger partial charge on any atom is 0.253 e. The fraction of sp³-hybridized carbons (Fsp3) is 0.500. The highest BCUT2D eigenvalue weighted by molar-refractivity contribution is 5.93. The maximum absolute atomic E-state index is 11.7. The van der Waals surface area contributed by atoms with Gasteiger partial charge in [0.15, 0.2) is 0 Å². The summed E-state index contributed by atoms with van der Waals surface area (Å²) in [5.74, 6) is 0.155. The number of amides is 1. The maximum atomic E-state index is 11.7. The Hall–Kier alpha value is -1.49. The average Bonchev–Trinajstić information content (AvgIpc) is 2.26. The molecule has 0 saturated carbocycles. The van der Waals surface area contributed by atoms with Crippen molar-refractivity contribution in [2.75, 3.05) is 6.54 Å². The van der Waals surface area contributed by atoms with Gasteiger partial charge in [-0.1, -0.05) is 13.8 Å². The highest BCUT2D eigenvalue weighted by Crippen LogP contribution is 2.02. The minimum Gasteiger partial charge on any atom is -0.348 e. The van der Waals surface area contributed by atoms with Crippen molar-refractivity contribution in [2.45, 2.75) is 19.9 Å². The van der Waals surface area contributed by atoms with Crippen molar-refractivity contribution >= 4 is 5.91 Å². The van der Waals surface area contributed by atoms with Crippen LogP contribution in [-0.2, 0) is 0 Å². The monoisotopic (exact) mass is 208 g/mol. The number of carbonyl (C=O) groups is 1. The molecule has 5 nitrogen and oxygen atoms in total. The number of nitrogens with two attached hydrogens (primary N) is 1. The Labute approximate surface area is 89.1 Å². The molecule has 0 fully saturated rings. The first-order valence-corrected chi connectivity index (χ1v) is 4.92. The van der Waals surface area contributed by atoms with Crippen LogP contribution in [0.25, 0.3) is 0 Å². The zero-order valence-corrected chi connectivity index (χ0v) is 8.97. The summed E-state index contributed by atoms with van der Waals surface area (Å²) in [5.41, 5.74) is 6.06. The molecule has 0 saturated heterocycles. The molecule has 0 aromatic carbocycles. The van der Waals surface area contributed by atoms with Crippen LogP contribution in [-0.4, -0.2) is 28.7 Å². The summed E-state index contributed by atoms with van der Waals surface area (Å²) in [6.07, 6.45) is 2.92. The van der Waals surface area contributed by atoms with E-state index in [0.717, 1.165) is 0 Å². The average molecular weight is 208 g/mol. The number of nitrogens with zero attached hydrogens (tertiary/aromatic N) is 2. The summed E-state index contributed by atoms with van der Waals surface area (Å²) in [6, 6.07) is 1.61. The van der Waals surface area contributed by atoms with E-state index in [2.05, 4.69) is 15.5 Å². The quantitative estimate of drug-likeness (QED) is 0.740. The lowest BCUT2D eigenvalue weighted by molar-refractivity contribution is 0.0927. The van der Waals surface area contributed by atoms with E-state index in [9.17, 15) is 4.79 Å². The van der Waals surface area contributed by atoms with E-state index >= 15 is 0 Å². The van der Waals surface area contributed by atoms with Gasteiger partial charge in [0.1, 0.15) is 0 Å². The molecule has 1 rings (SSSR count). The van der Waals surface area contributed by atoms with Gasteiger partial charge in [-0.05, 0) is 12.0 Å². The molecular weight excluding hydrogens is 192 g/mol. The third-order valence-electron chi connectivity index (χ3n) is 2.22. The fourth-order valence-electron chi connectivity index (χ4n) is 1.17. The minimum atomic E-state index is -0.158. The second-order valence-corrected chi connectivity index (χ2v) is 3.69. The molecule has 1 atom stereocenters. The van der Waals surface area contributed by atoms with Gasteiger partial charge in [-0.3, -0.25) is 4.79 Å². The predicted octanol–water partition coefficient (Wildman–Crippen LogP) is 0.190. The van der Waals surface area contributed by atoms with E-state index in [0.29, 0.717) is 18.0 Å². The Morgan fingerprint density at radius 2 is 2.27 bits per heavy atom.